The van der Waals surface area contributed by atoms with Crippen LogP contribution in [-0.2, 0) is 0 Å². The second-order valence-corrected chi connectivity index (χ2v) is 9.23. The summed E-state index contributed by atoms with van der Waals surface area (Å²) in [6.07, 6.45) is 3.21. The first-order valence-corrected chi connectivity index (χ1v) is 12.6. The summed E-state index contributed by atoms with van der Waals surface area (Å²) in [5.41, 5.74) is 3.68. The third kappa shape index (κ3) is 5.50. The molecule has 0 unspecified atom stereocenters. The summed E-state index contributed by atoms with van der Waals surface area (Å²) >= 11 is 0. The van der Waals surface area contributed by atoms with Gasteiger partial charge in [-0.15, -0.1) is 0 Å². The van der Waals surface area contributed by atoms with Crippen LogP contribution < -0.4 is 24.5 Å². The predicted octanol–water partition coefficient (Wildman–Crippen LogP) is 5.97. The van der Waals surface area contributed by atoms with Gasteiger partial charge in [-0.25, -0.2) is 4.98 Å². The zero-order valence-corrected chi connectivity index (χ0v) is 23.1. The summed E-state index contributed by atoms with van der Waals surface area (Å²) in [7, 11) is 4.75. The lowest BCUT2D eigenvalue weighted by atomic mass is 9.96. The maximum Gasteiger partial charge on any atom is 0.282 e. The van der Waals surface area contributed by atoms with Gasteiger partial charge in [-0.05, 0) is 60.4 Å². The number of hydrogen-bond acceptors (Lipinski definition) is 7. The minimum Gasteiger partial charge on any atom is -0.496 e. The van der Waals surface area contributed by atoms with E-state index in [1.54, 1.807) is 51.8 Å². The molecule has 0 atom stereocenters. The van der Waals surface area contributed by atoms with E-state index in [2.05, 4.69) is 25.5 Å². The van der Waals surface area contributed by atoms with Crippen molar-refractivity contribution in [1.29, 1.82) is 0 Å². The monoisotopic (exact) mass is 527 g/mol. The molecule has 0 aliphatic carbocycles. The van der Waals surface area contributed by atoms with Crippen LogP contribution in [-0.4, -0.2) is 43.8 Å². The zero-order chi connectivity index (χ0) is 28.1. The van der Waals surface area contributed by atoms with Crippen LogP contribution in [0.1, 0.15) is 36.5 Å². The molecule has 8 nitrogen and oxygen atoms in total. The van der Waals surface area contributed by atoms with Crippen LogP contribution in [0.15, 0.2) is 71.1 Å². The van der Waals surface area contributed by atoms with Crippen molar-refractivity contribution in [2.75, 3.05) is 27.9 Å². The standard InChI is InChI=1S/C31H33N3O5/c1-8-13-39-29-27(37-6)15-21(16-28(29)38-7)18-32-34-30(33-25-12-10-9-11-22(25)31(34)35)24-17-23(19(2)3)26(36-5)14-20(24)4/h8-12,14-19H,1,13H2,2-7H3. The number of aromatic nitrogens is 2. The Kier molecular flexibility index (Phi) is 8.34. The van der Waals surface area contributed by atoms with Crippen molar-refractivity contribution >= 4 is 17.1 Å². The van der Waals surface area contributed by atoms with Crippen molar-refractivity contribution in [3.8, 4) is 34.4 Å². The van der Waals surface area contributed by atoms with Gasteiger partial charge in [0.2, 0.25) is 5.75 Å². The molecule has 39 heavy (non-hydrogen) atoms. The molecule has 0 spiro atoms. The molecular weight excluding hydrogens is 494 g/mol. The van der Waals surface area contributed by atoms with Crippen molar-refractivity contribution in [1.82, 2.24) is 9.66 Å². The lowest BCUT2D eigenvalue weighted by molar-refractivity contribution is 0.301. The highest BCUT2D eigenvalue weighted by Gasteiger charge is 2.19. The van der Waals surface area contributed by atoms with Crippen molar-refractivity contribution in [2.24, 2.45) is 5.10 Å². The van der Waals surface area contributed by atoms with E-state index < -0.39 is 0 Å². The van der Waals surface area contributed by atoms with E-state index in [0.29, 0.717) is 46.1 Å². The number of methoxy groups -OCH3 is 3. The fourth-order valence-electron chi connectivity index (χ4n) is 4.36. The summed E-state index contributed by atoms with van der Waals surface area (Å²) in [4.78, 5) is 18.6. The molecule has 0 bridgehead atoms. The average Bonchev–Trinajstić information content (AvgIpc) is 2.94. The van der Waals surface area contributed by atoms with E-state index in [1.807, 2.05) is 37.3 Å². The molecule has 0 aliphatic heterocycles. The van der Waals surface area contributed by atoms with Crippen molar-refractivity contribution in [3.63, 3.8) is 0 Å². The molecule has 0 radical (unpaired) electrons. The number of benzene rings is 3. The molecule has 0 aliphatic rings. The van der Waals surface area contributed by atoms with Crippen LogP contribution in [0.2, 0.25) is 0 Å². The minimum absolute atomic E-state index is 0.199. The Balaban J connectivity index is 1.93. The Morgan fingerprint density at radius 1 is 1.00 bits per heavy atom. The molecule has 3 aromatic carbocycles. The molecule has 0 saturated heterocycles. The summed E-state index contributed by atoms with van der Waals surface area (Å²) in [6, 6.07) is 14.8. The van der Waals surface area contributed by atoms with Crippen LogP contribution in [0, 0.1) is 6.92 Å². The zero-order valence-electron chi connectivity index (χ0n) is 23.1. The van der Waals surface area contributed by atoms with Crippen molar-refractivity contribution < 1.29 is 18.9 Å². The summed E-state index contributed by atoms with van der Waals surface area (Å²) in [5, 5.41) is 5.09. The number of aryl methyl sites for hydroxylation is 1. The van der Waals surface area contributed by atoms with Gasteiger partial charge in [0, 0.05) is 11.1 Å². The van der Waals surface area contributed by atoms with Crippen molar-refractivity contribution in [2.45, 2.75) is 26.7 Å². The molecular formula is C31H33N3O5. The van der Waals surface area contributed by atoms with Crippen LogP contribution in [0.4, 0.5) is 0 Å². The van der Waals surface area contributed by atoms with Gasteiger partial charge in [0.25, 0.3) is 5.56 Å². The van der Waals surface area contributed by atoms with Crippen LogP contribution >= 0.6 is 0 Å². The van der Waals surface area contributed by atoms with E-state index in [9.17, 15) is 4.79 Å². The molecule has 0 N–H and O–H groups in total. The Morgan fingerprint density at radius 3 is 2.28 bits per heavy atom. The number of nitrogens with zero attached hydrogens (tertiary/aromatic N) is 3. The first kappa shape index (κ1) is 27.4. The number of fused-ring (bicyclic) bond motifs is 1. The third-order valence-corrected chi connectivity index (χ3v) is 6.34. The fraction of sp³-hybridized carbons (Fsp3) is 0.258. The Hall–Kier alpha value is -4.59. The molecule has 0 fully saturated rings. The SMILES string of the molecule is C=CCOc1c(OC)cc(C=Nn2c(-c3cc(C(C)C)c(OC)cc3C)nc3ccccc3c2=O)cc1OC. The highest BCUT2D eigenvalue weighted by Crippen LogP contribution is 2.38. The number of ether oxygens (including phenoxy) is 4. The van der Waals surface area contributed by atoms with Crippen LogP contribution in [0.5, 0.6) is 23.0 Å². The maximum atomic E-state index is 13.7. The normalized spacial score (nSPS) is 11.3. The smallest absolute Gasteiger partial charge is 0.282 e. The molecule has 1 aromatic heterocycles. The molecule has 4 rings (SSSR count). The third-order valence-electron chi connectivity index (χ3n) is 6.34. The molecule has 1 heterocycles. The lowest BCUT2D eigenvalue weighted by Crippen LogP contribution is -2.20. The van der Waals surface area contributed by atoms with E-state index >= 15 is 0 Å². The van der Waals surface area contributed by atoms with Crippen LogP contribution in [0.3, 0.4) is 0 Å². The summed E-state index contributed by atoms with van der Waals surface area (Å²) in [5.74, 6) is 2.82. The Bertz CT molecular complexity index is 1580. The van der Waals surface area contributed by atoms with E-state index in [0.717, 1.165) is 22.4 Å². The van der Waals surface area contributed by atoms with E-state index in [-0.39, 0.29) is 11.5 Å². The maximum absolute atomic E-state index is 13.7. The van der Waals surface area contributed by atoms with Gasteiger partial charge in [-0.2, -0.15) is 9.78 Å². The predicted molar refractivity (Wildman–Crippen MR) is 155 cm³/mol. The van der Waals surface area contributed by atoms with Gasteiger partial charge in [0.05, 0.1) is 38.4 Å². The minimum atomic E-state index is -0.280. The molecule has 8 heteroatoms. The number of rotatable bonds is 10. The summed E-state index contributed by atoms with van der Waals surface area (Å²) < 4.78 is 23.8. The Labute approximate surface area is 228 Å². The molecule has 202 valence electrons. The van der Waals surface area contributed by atoms with Gasteiger partial charge >= 0.3 is 0 Å². The van der Waals surface area contributed by atoms with Crippen molar-refractivity contribution in [3.05, 3.63) is 88.2 Å². The average molecular weight is 528 g/mol. The van der Waals surface area contributed by atoms with E-state index in [1.165, 1.54) is 4.68 Å². The number of hydrogen-bond donors (Lipinski definition) is 0. The van der Waals surface area contributed by atoms with Gasteiger partial charge in [0.1, 0.15) is 12.4 Å². The fourth-order valence-corrected chi connectivity index (χ4v) is 4.36. The second-order valence-electron chi connectivity index (χ2n) is 9.23. The lowest BCUT2D eigenvalue weighted by Gasteiger charge is -2.17. The Morgan fingerprint density at radius 2 is 1.67 bits per heavy atom. The van der Waals surface area contributed by atoms with Gasteiger partial charge in [-0.1, -0.05) is 38.6 Å². The highest BCUT2D eigenvalue weighted by molar-refractivity contribution is 5.84. The first-order valence-electron chi connectivity index (χ1n) is 12.6. The largest absolute Gasteiger partial charge is 0.496 e. The van der Waals surface area contributed by atoms with Gasteiger partial charge in [-0.3, -0.25) is 4.79 Å². The second kappa shape index (κ2) is 11.9. The quantitative estimate of drug-likeness (QED) is 0.187. The van der Waals surface area contributed by atoms with Gasteiger partial charge < -0.3 is 18.9 Å². The van der Waals surface area contributed by atoms with E-state index in [4.69, 9.17) is 23.9 Å². The summed E-state index contributed by atoms with van der Waals surface area (Å²) in [6.45, 7) is 10.1. The highest BCUT2D eigenvalue weighted by atomic mass is 16.5. The molecule has 0 saturated carbocycles. The first-order chi connectivity index (χ1) is 18.8. The van der Waals surface area contributed by atoms with Gasteiger partial charge in [0.15, 0.2) is 17.3 Å². The molecule has 4 aromatic rings. The molecule has 0 amide bonds. The topological polar surface area (TPSA) is 84.2 Å². The number of para-hydroxylation sites is 1. The van der Waals surface area contributed by atoms with Crippen LogP contribution in [0.25, 0.3) is 22.3 Å².